The third-order valence-electron chi connectivity index (χ3n) is 7.01. The number of likely N-dealkylation sites (tertiary alicyclic amines) is 1. The molecule has 2 aliphatic heterocycles. The van der Waals surface area contributed by atoms with Crippen molar-refractivity contribution in [2.75, 3.05) is 25.0 Å². The Morgan fingerprint density at radius 3 is 2.48 bits per heavy atom. The molecule has 0 radical (unpaired) electrons. The SMILES string of the molecule is CC1CCN(Cc2ccc(NC(=O)CCCN3C(=O)NC4(CCCC4)C3=O)cc2)CC1. The van der Waals surface area contributed by atoms with Gasteiger partial charge in [-0.3, -0.25) is 19.4 Å². The van der Waals surface area contributed by atoms with Crippen LogP contribution in [0.1, 0.15) is 63.9 Å². The lowest BCUT2D eigenvalue weighted by Crippen LogP contribution is -2.44. The zero-order valence-electron chi connectivity index (χ0n) is 18.5. The van der Waals surface area contributed by atoms with Gasteiger partial charge in [-0.25, -0.2) is 4.79 Å². The Bertz CT molecular complexity index is 809. The van der Waals surface area contributed by atoms with Gasteiger partial charge in [-0.15, -0.1) is 0 Å². The van der Waals surface area contributed by atoms with Crippen molar-refractivity contribution < 1.29 is 14.4 Å². The van der Waals surface area contributed by atoms with Gasteiger partial charge in [-0.05, 0) is 68.8 Å². The molecule has 3 aliphatic rings. The van der Waals surface area contributed by atoms with E-state index in [-0.39, 0.29) is 30.8 Å². The summed E-state index contributed by atoms with van der Waals surface area (Å²) >= 11 is 0. The Morgan fingerprint density at radius 2 is 1.81 bits per heavy atom. The van der Waals surface area contributed by atoms with E-state index in [1.54, 1.807) is 0 Å². The number of hydrogen-bond acceptors (Lipinski definition) is 4. The topological polar surface area (TPSA) is 81.8 Å². The van der Waals surface area contributed by atoms with Crippen LogP contribution in [0.5, 0.6) is 0 Å². The van der Waals surface area contributed by atoms with Crippen LogP contribution in [0.4, 0.5) is 10.5 Å². The number of nitrogens with one attached hydrogen (secondary N) is 2. The third kappa shape index (κ3) is 5.09. The van der Waals surface area contributed by atoms with E-state index in [0.717, 1.165) is 56.9 Å². The Labute approximate surface area is 184 Å². The molecule has 3 fully saturated rings. The lowest BCUT2D eigenvalue weighted by atomic mass is 9.98. The van der Waals surface area contributed by atoms with Crippen LogP contribution < -0.4 is 10.6 Å². The molecule has 0 bridgehead atoms. The maximum Gasteiger partial charge on any atom is 0.325 e. The van der Waals surface area contributed by atoms with Crippen molar-refractivity contribution in [2.45, 2.75) is 70.4 Å². The lowest BCUT2D eigenvalue weighted by molar-refractivity contribution is -0.131. The molecule has 1 spiro atoms. The van der Waals surface area contributed by atoms with Gasteiger partial charge in [0.25, 0.3) is 5.91 Å². The van der Waals surface area contributed by atoms with Gasteiger partial charge in [0.05, 0.1) is 0 Å². The summed E-state index contributed by atoms with van der Waals surface area (Å²) in [5, 5.41) is 5.80. The fourth-order valence-electron chi connectivity index (χ4n) is 4.99. The van der Waals surface area contributed by atoms with Crippen molar-refractivity contribution in [3.05, 3.63) is 29.8 Å². The molecule has 0 atom stereocenters. The maximum absolute atomic E-state index is 12.6. The second kappa shape index (κ2) is 9.39. The van der Waals surface area contributed by atoms with Gasteiger partial charge in [0, 0.05) is 25.2 Å². The van der Waals surface area contributed by atoms with Gasteiger partial charge in [0.2, 0.25) is 5.91 Å². The second-order valence-corrected chi connectivity index (χ2v) is 9.48. The zero-order valence-corrected chi connectivity index (χ0v) is 18.5. The number of benzene rings is 1. The van der Waals surface area contributed by atoms with E-state index >= 15 is 0 Å². The Morgan fingerprint density at radius 1 is 1.13 bits per heavy atom. The molecule has 4 rings (SSSR count). The predicted molar refractivity (Wildman–Crippen MR) is 119 cm³/mol. The lowest BCUT2D eigenvalue weighted by Gasteiger charge is -2.30. The number of piperidine rings is 1. The average molecular weight is 427 g/mol. The largest absolute Gasteiger partial charge is 0.326 e. The van der Waals surface area contributed by atoms with Crippen molar-refractivity contribution in [3.63, 3.8) is 0 Å². The van der Waals surface area contributed by atoms with Crippen LogP contribution in [0.15, 0.2) is 24.3 Å². The van der Waals surface area contributed by atoms with Gasteiger partial charge < -0.3 is 10.6 Å². The summed E-state index contributed by atoms with van der Waals surface area (Å²) in [6.07, 6.45) is 6.66. The second-order valence-electron chi connectivity index (χ2n) is 9.48. The van der Waals surface area contributed by atoms with Crippen molar-refractivity contribution in [1.29, 1.82) is 0 Å². The highest BCUT2D eigenvalue weighted by atomic mass is 16.2. The number of imide groups is 1. The number of carbonyl (C=O) groups excluding carboxylic acids is 3. The Balaban J connectivity index is 1.19. The monoisotopic (exact) mass is 426 g/mol. The van der Waals surface area contributed by atoms with Crippen LogP contribution in [-0.2, 0) is 16.1 Å². The Hall–Kier alpha value is -2.41. The quantitative estimate of drug-likeness (QED) is 0.654. The first-order valence-corrected chi connectivity index (χ1v) is 11.7. The third-order valence-corrected chi connectivity index (χ3v) is 7.01. The van der Waals surface area contributed by atoms with E-state index in [1.807, 2.05) is 12.1 Å². The van der Waals surface area contributed by atoms with Crippen molar-refractivity contribution in [1.82, 2.24) is 15.1 Å². The normalized spacial score (nSPS) is 21.6. The minimum Gasteiger partial charge on any atom is -0.326 e. The molecular weight excluding hydrogens is 392 g/mol. The molecule has 2 N–H and O–H groups in total. The molecule has 4 amide bonds. The summed E-state index contributed by atoms with van der Waals surface area (Å²) in [6.45, 7) is 5.86. The summed E-state index contributed by atoms with van der Waals surface area (Å²) in [5.41, 5.74) is 1.36. The predicted octanol–water partition coefficient (Wildman–Crippen LogP) is 3.50. The molecule has 7 nitrogen and oxygen atoms in total. The molecule has 1 aromatic rings. The van der Waals surface area contributed by atoms with E-state index in [2.05, 4.69) is 34.6 Å². The summed E-state index contributed by atoms with van der Waals surface area (Å²) in [7, 11) is 0. The average Bonchev–Trinajstić information content (AvgIpc) is 3.31. The zero-order chi connectivity index (χ0) is 21.8. The van der Waals surface area contributed by atoms with Gasteiger partial charge in [0.1, 0.15) is 5.54 Å². The van der Waals surface area contributed by atoms with Crippen LogP contribution in [0.25, 0.3) is 0 Å². The number of urea groups is 1. The maximum atomic E-state index is 12.6. The summed E-state index contributed by atoms with van der Waals surface area (Å²) in [4.78, 5) is 40.9. The van der Waals surface area contributed by atoms with Crippen molar-refractivity contribution in [2.24, 2.45) is 5.92 Å². The van der Waals surface area contributed by atoms with E-state index in [4.69, 9.17) is 0 Å². The number of rotatable bonds is 7. The fraction of sp³-hybridized carbons (Fsp3) is 0.625. The summed E-state index contributed by atoms with van der Waals surface area (Å²) < 4.78 is 0. The van der Waals surface area contributed by atoms with E-state index < -0.39 is 5.54 Å². The van der Waals surface area contributed by atoms with Gasteiger partial charge in [0.15, 0.2) is 0 Å². The van der Waals surface area contributed by atoms with E-state index in [0.29, 0.717) is 6.42 Å². The molecule has 1 saturated carbocycles. The van der Waals surface area contributed by atoms with E-state index in [9.17, 15) is 14.4 Å². The molecule has 31 heavy (non-hydrogen) atoms. The molecule has 1 aromatic carbocycles. The molecule has 1 aliphatic carbocycles. The van der Waals surface area contributed by atoms with Crippen molar-refractivity contribution in [3.8, 4) is 0 Å². The highest BCUT2D eigenvalue weighted by Crippen LogP contribution is 2.35. The standard InChI is InChI=1S/C24H34N4O3/c1-18-10-15-27(16-11-18)17-19-6-8-20(9-7-19)25-21(29)5-4-14-28-22(30)24(26-23(28)31)12-2-3-13-24/h6-9,18H,2-5,10-17H2,1H3,(H,25,29)(H,26,31). The van der Waals surface area contributed by atoms with Crippen molar-refractivity contribution >= 4 is 23.5 Å². The van der Waals surface area contributed by atoms with E-state index in [1.165, 1.54) is 23.3 Å². The van der Waals surface area contributed by atoms with Gasteiger partial charge in [-0.1, -0.05) is 31.9 Å². The molecular formula is C24H34N4O3. The molecule has 168 valence electrons. The number of anilines is 1. The minimum atomic E-state index is -0.673. The summed E-state index contributed by atoms with van der Waals surface area (Å²) in [5.74, 6) is 0.616. The van der Waals surface area contributed by atoms with Crippen LogP contribution in [-0.4, -0.2) is 52.8 Å². The van der Waals surface area contributed by atoms with Crippen LogP contribution in [0.2, 0.25) is 0 Å². The smallest absolute Gasteiger partial charge is 0.325 e. The Kier molecular flexibility index (Phi) is 6.60. The molecule has 7 heteroatoms. The number of hydrogen-bond donors (Lipinski definition) is 2. The summed E-state index contributed by atoms with van der Waals surface area (Å²) in [6, 6.07) is 7.72. The minimum absolute atomic E-state index is 0.0969. The first kappa shape index (κ1) is 21.8. The van der Waals surface area contributed by atoms with Crippen LogP contribution >= 0.6 is 0 Å². The first-order valence-electron chi connectivity index (χ1n) is 11.7. The van der Waals surface area contributed by atoms with Gasteiger partial charge in [-0.2, -0.15) is 0 Å². The number of amides is 4. The molecule has 0 unspecified atom stereocenters. The first-order chi connectivity index (χ1) is 14.9. The van der Waals surface area contributed by atoms with Crippen LogP contribution in [0.3, 0.4) is 0 Å². The van der Waals surface area contributed by atoms with Gasteiger partial charge >= 0.3 is 6.03 Å². The molecule has 2 saturated heterocycles. The molecule has 2 heterocycles. The number of carbonyl (C=O) groups is 3. The van der Waals surface area contributed by atoms with Crippen LogP contribution in [0, 0.1) is 5.92 Å². The fourth-order valence-corrected chi connectivity index (χ4v) is 4.99. The molecule has 0 aromatic heterocycles. The number of nitrogens with zero attached hydrogens (tertiary/aromatic N) is 2. The highest BCUT2D eigenvalue weighted by Gasteiger charge is 2.52. The highest BCUT2D eigenvalue weighted by molar-refractivity contribution is 6.07.